The lowest BCUT2D eigenvalue weighted by atomic mass is 9.63. The topological polar surface area (TPSA) is 212 Å². The first-order valence-electron chi connectivity index (χ1n) is 29.1. The minimum absolute atomic E-state index is 0.00199. The molecule has 6 aliphatic rings. The first-order chi connectivity index (χ1) is 39.1. The molecule has 3 heterocycles. The zero-order valence-corrected chi connectivity index (χ0v) is 49.5. The number of allylic oxidation sites excluding steroid dienone is 2. The third kappa shape index (κ3) is 12.9. The maximum atomic E-state index is 14.4. The van der Waals surface area contributed by atoms with Crippen molar-refractivity contribution >= 4 is 54.7 Å². The first-order valence-corrected chi connectivity index (χ1v) is 34.0. The molecule has 2 saturated carbocycles. The number of aromatic hydroxyl groups is 2. The lowest BCUT2D eigenvalue weighted by molar-refractivity contribution is -0.114. The predicted molar refractivity (Wildman–Crippen MR) is 329 cm³/mol. The van der Waals surface area contributed by atoms with E-state index < -0.39 is 28.7 Å². The van der Waals surface area contributed by atoms with Crippen LogP contribution in [0.15, 0.2) is 97.2 Å². The molecule has 2 aliphatic heterocycles. The van der Waals surface area contributed by atoms with Crippen molar-refractivity contribution in [1.82, 2.24) is 4.98 Å². The van der Waals surface area contributed by atoms with Crippen LogP contribution in [0.3, 0.4) is 0 Å². The molecule has 1 spiro atoms. The largest absolute Gasteiger partial charge is 0.508 e. The molecule has 0 radical (unpaired) electrons. The summed E-state index contributed by atoms with van der Waals surface area (Å²) in [5.41, 5.74) is 20.1. The van der Waals surface area contributed by atoms with Crippen LogP contribution in [0, 0.1) is 46.8 Å². The number of nitrogens with two attached hydrogens (primary N) is 2. The molecule has 0 amide bonds. The van der Waals surface area contributed by atoms with E-state index in [1.165, 1.54) is 11.1 Å². The van der Waals surface area contributed by atoms with E-state index in [0.717, 1.165) is 77.8 Å². The fraction of sp³-hybridized carbons (Fsp3) is 0.485. The summed E-state index contributed by atoms with van der Waals surface area (Å²) in [4.78, 5) is 31.9. The number of ketones is 2. The Kier molecular flexibility index (Phi) is 17.9. The molecule has 13 bridgehead atoms. The van der Waals surface area contributed by atoms with Crippen molar-refractivity contribution in [1.29, 1.82) is 0 Å². The second-order valence-electron chi connectivity index (χ2n) is 24.5. The molecular weight excluding hydrogens is 1090 g/mol. The molecule has 4 aromatic carbocycles. The highest BCUT2D eigenvalue weighted by atomic mass is 33.1. The summed E-state index contributed by atoms with van der Waals surface area (Å²) in [7, 11) is 6.97. The highest BCUT2D eigenvalue weighted by Crippen LogP contribution is 2.58. The van der Waals surface area contributed by atoms with Gasteiger partial charge in [-0.05, 0) is 175 Å². The van der Waals surface area contributed by atoms with Gasteiger partial charge in [0.05, 0.1) is 37.0 Å². The number of Topliss-reactive ketones (excluding diaryl/α,β-unsaturated/α-hetero) is 1. The number of carbonyl (C=O) groups is 2. The van der Waals surface area contributed by atoms with Gasteiger partial charge in [-0.1, -0.05) is 116 Å². The molecule has 15 heteroatoms. The van der Waals surface area contributed by atoms with Gasteiger partial charge in [-0.3, -0.25) is 9.59 Å². The predicted octanol–water partition coefficient (Wildman–Crippen LogP) is 11.7. The van der Waals surface area contributed by atoms with Gasteiger partial charge in [0.15, 0.2) is 23.1 Å². The molecule has 11 rings (SSSR count). The average molecular weight is 1170 g/mol. The minimum atomic E-state index is -1.07. The van der Waals surface area contributed by atoms with Gasteiger partial charge in [-0.25, -0.2) is 0 Å². The van der Waals surface area contributed by atoms with Crippen LogP contribution < -0.4 is 16.2 Å². The second kappa shape index (κ2) is 24.9. The monoisotopic (exact) mass is 1170 g/mol. The number of phenolic OH excluding ortho intramolecular Hbond substituents is 2. The van der Waals surface area contributed by atoms with Crippen LogP contribution in [-0.4, -0.2) is 83.8 Å². The SMILES string of the molecule is C[C@@]1(O)CCC[C@H]2[C@@H]3Cc4ccccc4[C@H](CO)[C@@H]2CSSC[C@]2(O)C[C@@]4(/C=C/C(=O)CCc5ccc(O)c(c5)OCCc5ccc(O)c(c5)[C@H]5CC(=O)c6cc[nH]c6CC#Cc6cc(C(N)N)c(cc65)CSSC[C@H]2C4)CC[C@@H]3C1. The van der Waals surface area contributed by atoms with Crippen LogP contribution in [0.1, 0.15) is 155 Å². The number of aliphatic hydroxyl groups is 3. The highest BCUT2D eigenvalue weighted by molar-refractivity contribution is 8.77. The Hall–Kier alpha value is -4.60. The Bertz CT molecular complexity index is 3220. The van der Waals surface area contributed by atoms with Gasteiger partial charge >= 0.3 is 0 Å². The maximum absolute atomic E-state index is 14.4. The van der Waals surface area contributed by atoms with E-state index in [4.69, 9.17) is 16.2 Å². The number of hydrogen-bond donors (Lipinski definition) is 8. The summed E-state index contributed by atoms with van der Waals surface area (Å²) in [6.45, 7) is 2.30. The fourth-order valence-corrected chi connectivity index (χ4v) is 20.4. The second-order valence-corrected chi connectivity index (χ2v) is 29.5. The number of aromatic nitrogens is 1. The molecule has 0 unspecified atom stereocenters. The van der Waals surface area contributed by atoms with Gasteiger partial charge in [-0.2, -0.15) is 0 Å². The Labute approximate surface area is 492 Å². The number of hydrogen-bond acceptors (Lipinski definition) is 14. The zero-order valence-electron chi connectivity index (χ0n) is 46.2. The van der Waals surface area contributed by atoms with Crippen molar-refractivity contribution in [3.8, 4) is 29.1 Å². The Morgan fingerprint density at radius 2 is 1.62 bits per heavy atom. The summed E-state index contributed by atoms with van der Waals surface area (Å²) < 4.78 is 6.25. The lowest BCUT2D eigenvalue weighted by Gasteiger charge is -2.44. The standard InChI is InChI=1S/C66H77N3O8S4/c1-64(75)21-5-9-49-52-28-42-6-2-3-8-48(42)56(34-70)57(49)37-80-81-39-66(76)38-65(22-17-44(52)32-64)23-18-47(71)14-11-40-13-16-60(73)62(27-40)77-25-20-41-12-15-59(72)55(26-41)54-31-61(74)50-19-24-69-58(50)10-4-7-43-29-53(63(67)68)45(30-51(43)54)35-78-79-36-46(66)33-65/h2-3,6,8,12-13,15-16,18-19,23-24,26-27,29-30,44,46,49,52,54,56-57,63,69-70,72-73,75-76H,5,9-11,14,17,20-22,25,28,31-39,67-68H2,1H3/b23-18+/t44-,46-,49+,52-,54+,56+,57-,64-,65-,66-/m1/s1. The smallest absolute Gasteiger partial charge is 0.165 e. The average Bonchev–Trinajstić information content (AvgIpc) is 4.07. The van der Waals surface area contributed by atoms with Gasteiger partial charge in [0.1, 0.15) is 5.75 Å². The zero-order chi connectivity index (χ0) is 56.5. The molecule has 3 fully saturated rings. The molecule has 81 heavy (non-hydrogen) atoms. The summed E-state index contributed by atoms with van der Waals surface area (Å²) in [6.07, 6.45) is 13.4. The van der Waals surface area contributed by atoms with Crippen LogP contribution in [0.2, 0.25) is 0 Å². The normalized spacial score (nSPS) is 30.7. The van der Waals surface area contributed by atoms with Gasteiger partial charge in [0, 0.05) is 82.7 Å². The quantitative estimate of drug-likeness (QED) is 0.0470. The molecule has 1 saturated heterocycles. The lowest BCUT2D eigenvalue weighted by Crippen LogP contribution is -2.40. The molecule has 10 atom stereocenters. The third-order valence-corrected chi connectivity index (χ3v) is 24.0. The van der Waals surface area contributed by atoms with E-state index in [-0.39, 0.29) is 78.7 Å². The van der Waals surface area contributed by atoms with E-state index in [9.17, 15) is 35.1 Å². The molecular formula is C66H77N3O8S4. The van der Waals surface area contributed by atoms with Crippen molar-refractivity contribution in [3.05, 3.63) is 159 Å². The fourth-order valence-electron chi connectivity index (χ4n) is 14.9. The third-order valence-electron chi connectivity index (χ3n) is 19.1. The highest BCUT2D eigenvalue weighted by Gasteiger charge is 2.54. The van der Waals surface area contributed by atoms with E-state index in [1.54, 1.807) is 68.9 Å². The number of aromatic amines is 1. The van der Waals surface area contributed by atoms with E-state index in [2.05, 4.69) is 53.2 Å². The van der Waals surface area contributed by atoms with Crippen molar-refractivity contribution < 1.29 is 39.9 Å². The van der Waals surface area contributed by atoms with Crippen LogP contribution in [-0.2, 0) is 36.2 Å². The van der Waals surface area contributed by atoms with Crippen molar-refractivity contribution in [2.24, 2.45) is 46.5 Å². The maximum Gasteiger partial charge on any atom is 0.165 e. The summed E-state index contributed by atoms with van der Waals surface area (Å²) in [5, 5.41) is 59.5. The number of phenols is 2. The number of aryl methyl sites for hydroxylation is 1. The summed E-state index contributed by atoms with van der Waals surface area (Å²) >= 11 is 0. The number of rotatable bonds is 2. The molecule has 1 aromatic heterocycles. The van der Waals surface area contributed by atoms with Gasteiger partial charge in [0.2, 0.25) is 0 Å². The van der Waals surface area contributed by atoms with E-state index in [0.29, 0.717) is 84.1 Å². The molecule has 428 valence electrons. The number of fused-ring (bicyclic) bond motifs is 11. The summed E-state index contributed by atoms with van der Waals surface area (Å²) in [6, 6.07) is 25.2. The van der Waals surface area contributed by atoms with Crippen LogP contribution >= 0.6 is 43.2 Å². The molecule has 4 aliphatic carbocycles. The van der Waals surface area contributed by atoms with E-state index in [1.807, 2.05) is 42.0 Å². The van der Waals surface area contributed by atoms with Crippen LogP contribution in [0.4, 0.5) is 0 Å². The number of carbonyl (C=O) groups excluding carboxylic acids is 2. The molecule has 5 aromatic rings. The molecule has 11 nitrogen and oxygen atoms in total. The summed E-state index contributed by atoms with van der Waals surface area (Å²) in [5.74, 6) is 9.83. The van der Waals surface area contributed by atoms with Gasteiger partial charge in [0.25, 0.3) is 0 Å². The number of ether oxygens (including phenoxy) is 1. The van der Waals surface area contributed by atoms with Crippen LogP contribution in [0.5, 0.6) is 17.2 Å². The number of nitrogens with one attached hydrogen (secondary N) is 1. The molecule has 10 N–H and O–H groups in total. The van der Waals surface area contributed by atoms with Gasteiger partial charge < -0.3 is 46.7 Å². The van der Waals surface area contributed by atoms with Crippen molar-refractivity contribution in [2.75, 3.05) is 30.5 Å². The Morgan fingerprint density at radius 1 is 0.802 bits per heavy atom. The van der Waals surface area contributed by atoms with E-state index >= 15 is 0 Å². The van der Waals surface area contributed by atoms with Crippen molar-refractivity contribution in [3.63, 3.8) is 0 Å². The number of H-pyrrole nitrogens is 1. The van der Waals surface area contributed by atoms with Crippen LogP contribution in [0.25, 0.3) is 0 Å². The number of benzene rings is 4. The Balaban J connectivity index is 0.970. The van der Waals surface area contributed by atoms with Crippen molar-refractivity contribution in [2.45, 2.75) is 132 Å². The first kappa shape index (κ1) is 58.2. The number of aliphatic hydroxyl groups excluding tert-OH is 1. The van der Waals surface area contributed by atoms with Gasteiger partial charge in [-0.15, -0.1) is 0 Å². The minimum Gasteiger partial charge on any atom is -0.508 e. The Morgan fingerprint density at radius 3 is 2.46 bits per heavy atom.